The Kier molecular flexibility index (Phi) is 9.79. The molecule has 0 aliphatic heterocycles. The molecule has 0 N–H and O–H groups in total. The van der Waals surface area contributed by atoms with Gasteiger partial charge in [-0.05, 0) is 102 Å². The average molecular weight is 856 g/mol. The van der Waals surface area contributed by atoms with Crippen LogP contribution in [-0.2, 0) is 16.2 Å². The lowest BCUT2D eigenvalue weighted by atomic mass is 9.67. The Hall–Kier alpha value is -7.00. The highest BCUT2D eigenvalue weighted by Gasteiger charge is 2.46. The summed E-state index contributed by atoms with van der Waals surface area (Å²) in [5.74, 6) is 0. The predicted molar refractivity (Wildman–Crippen MR) is 280 cm³/mol. The molecule has 0 amide bonds. The van der Waals surface area contributed by atoms with Crippen LogP contribution in [0.3, 0.4) is 0 Å². The Balaban J connectivity index is 1.19. The van der Waals surface area contributed by atoms with Crippen LogP contribution in [0.5, 0.6) is 0 Å². The lowest BCUT2D eigenvalue weighted by molar-refractivity contribution is 0.588. The second-order valence-corrected chi connectivity index (χ2v) is 20.8. The van der Waals surface area contributed by atoms with E-state index in [2.05, 4.69) is 259 Å². The molecule has 316 valence electrons. The van der Waals surface area contributed by atoms with Gasteiger partial charge in [-0.2, -0.15) is 0 Å². The lowest BCUT2D eigenvalue weighted by Gasteiger charge is -2.36. The van der Waals surface area contributed by atoms with Gasteiger partial charge in [-0.1, -0.05) is 224 Å². The summed E-state index contributed by atoms with van der Waals surface area (Å²) in [6.45, 7) is 13.8. The van der Waals surface area contributed by atoms with Crippen molar-refractivity contribution in [3.05, 3.63) is 246 Å². The average Bonchev–Trinajstić information content (AvgIpc) is 3.86. The summed E-state index contributed by atoms with van der Waals surface area (Å²) in [5, 5.41) is 2.57. The summed E-state index contributed by atoms with van der Waals surface area (Å²) in [6.07, 6.45) is 0. The van der Waals surface area contributed by atoms with Crippen molar-refractivity contribution >= 4 is 48.6 Å². The molecule has 0 bridgehead atoms. The zero-order chi connectivity index (χ0) is 44.5. The van der Waals surface area contributed by atoms with E-state index in [4.69, 9.17) is 0 Å². The third-order valence-electron chi connectivity index (χ3n) is 13.7. The first-order valence-corrected chi connectivity index (χ1v) is 23.7. The number of thiophene rings is 1. The van der Waals surface area contributed by atoms with Gasteiger partial charge in [0.05, 0.1) is 21.5 Å². The summed E-state index contributed by atoms with van der Waals surface area (Å²) < 4.78 is 2.56. The maximum absolute atomic E-state index is 2.54. The molecule has 65 heavy (non-hydrogen) atoms. The van der Waals surface area contributed by atoms with Gasteiger partial charge in [0.25, 0.3) is 0 Å². The van der Waals surface area contributed by atoms with Gasteiger partial charge >= 0.3 is 0 Å². The molecule has 9 aromatic carbocycles. The highest BCUT2D eigenvalue weighted by atomic mass is 32.1. The molecular weight excluding hydrogens is 803 g/mol. The Bertz CT molecular complexity index is 3300. The minimum Gasteiger partial charge on any atom is -0.308 e. The number of benzene rings is 9. The molecule has 0 saturated carbocycles. The van der Waals surface area contributed by atoms with Gasteiger partial charge in [-0.15, -0.1) is 11.3 Å². The molecule has 2 heteroatoms. The van der Waals surface area contributed by atoms with E-state index in [0.29, 0.717) is 0 Å². The summed E-state index contributed by atoms with van der Waals surface area (Å²) in [7, 11) is 0. The van der Waals surface area contributed by atoms with Crippen LogP contribution in [0, 0.1) is 0 Å². The van der Waals surface area contributed by atoms with Crippen LogP contribution in [-0.4, -0.2) is 0 Å². The smallest absolute Gasteiger partial charge is 0.0714 e. The second kappa shape index (κ2) is 15.6. The first-order chi connectivity index (χ1) is 31.5. The van der Waals surface area contributed by atoms with E-state index in [0.717, 1.165) is 11.4 Å². The molecule has 0 radical (unpaired) electrons. The molecule has 0 atom stereocenters. The summed E-state index contributed by atoms with van der Waals surface area (Å²) in [6, 6.07) is 79.8. The fraction of sp³-hybridized carbons (Fsp3) is 0.143. The Morgan fingerprint density at radius 2 is 0.908 bits per heavy atom. The first-order valence-electron chi connectivity index (χ1n) is 22.9. The third kappa shape index (κ3) is 6.82. The van der Waals surface area contributed by atoms with Crippen LogP contribution in [0.2, 0.25) is 0 Å². The molecule has 0 spiro atoms. The van der Waals surface area contributed by atoms with Crippen molar-refractivity contribution in [3.8, 4) is 33.4 Å². The molecular formula is C63H53NS. The highest BCUT2D eigenvalue weighted by molar-refractivity contribution is 7.26. The van der Waals surface area contributed by atoms with Gasteiger partial charge in [0.1, 0.15) is 0 Å². The van der Waals surface area contributed by atoms with Crippen LogP contribution < -0.4 is 4.90 Å². The van der Waals surface area contributed by atoms with Gasteiger partial charge in [0, 0.05) is 26.7 Å². The van der Waals surface area contributed by atoms with Crippen molar-refractivity contribution in [2.75, 3.05) is 4.90 Å². The number of hydrogen-bond acceptors (Lipinski definition) is 2. The standard InChI is InChI=1S/C63H53NS/c1-61(2,3)45-31-35-47(36-32-45)63(48-37-33-46(34-38-48)62(4,5)6)55-23-13-10-20-51(55)52-40-39-49(41-56(52)63)64(58-25-16-22-54-53-21-12-15-26-59(53)65-60(54)58)57-24-14-11-19-50(57)44-29-27-43(28-30-44)42-17-8-7-9-18-42/h7-41H,1-6H3. The van der Waals surface area contributed by atoms with Crippen LogP contribution in [0.4, 0.5) is 17.1 Å². The Morgan fingerprint density at radius 3 is 1.58 bits per heavy atom. The molecule has 1 nitrogen and oxygen atoms in total. The van der Waals surface area contributed by atoms with Crippen molar-refractivity contribution in [1.82, 2.24) is 0 Å². The Morgan fingerprint density at radius 1 is 0.385 bits per heavy atom. The van der Waals surface area contributed by atoms with Gasteiger partial charge in [-0.3, -0.25) is 0 Å². The zero-order valence-corrected chi connectivity index (χ0v) is 38.9. The predicted octanol–water partition coefficient (Wildman–Crippen LogP) is 17.8. The number of nitrogens with zero attached hydrogens (tertiary/aromatic N) is 1. The van der Waals surface area contributed by atoms with Crippen molar-refractivity contribution in [2.24, 2.45) is 0 Å². The van der Waals surface area contributed by atoms with Crippen LogP contribution >= 0.6 is 11.3 Å². The van der Waals surface area contributed by atoms with Gasteiger partial charge < -0.3 is 4.90 Å². The molecule has 10 aromatic rings. The second-order valence-electron chi connectivity index (χ2n) is 19.7. The fourth-order valence-electron chi connectivity index (χ4n) is 10.3. The maximum atomic E-state index is 2.54. The maximum Gasteiger partial charge on any atom is 0.0714 e. The van der Waals surface area contributed by atoms with Crippen LogP contribution in [0.1, 0.15) is 74.9 Å². The van der Waals surface area contributed by atoms with E-state index in [9.17, 15) is 0 Å². The quantitative estimate of drug-likeness (QED) is 0.154. The molecule has 1 aromatic heterocycles. The third-order valence-corrected chi connectivity index (χ3v) is 14.9. The van der Waals surface area contributed by atoms with Gasteiger partial charge in [0.15, 0.2) is 0 Å². The largest absolute Gasteiger partial charge is 0.308 e. The number of rotatable bonds is 7. The van der Waals surface area contributed by atoms with Crippen molar-refractivity contribution in [1.29, 1.82) is 0 Å². The highest BCUT2D eigenvalue weighted by Crippen LogP contribution is 2.58. The molecule has 1 aliphatic carbocycles. The summed E-state index contributed by atoms with van der Waals surface area (Å²) in [5.41, 5.74) is 18.1. The number of fused-ring (bicyclic) bond motifs is 6. The summed E-state index contributed by atoms with van der Waals surface area (Å²) in [4.78, 5) is 2.54. The van der Waals surface area contributed by atoms with E-state index in [1.165, 1.54) is 92.6 Å². The molecule has 1 heterocycles. The number of anilines is 3. The monoisotopic (exact) mass is 855 g/mol. The zero-order valence-electron chi connectivity index (χ0n) is 38.1. The van der Waals surface area contributed by atoms with Gasteiger partial charge in [0.2, 0.25) is 0 Å². The number of para-hydroxylation sites is 1. The fourth-order valence-corrected chi connectivity index (χ4v) is 11.5. The molecule has 1 aliphatic rings. The molecule has 0 saturated heterocycles. The number of hydrogen-bond donors (Lipinski definition) is 0. The van der Waals surface area contributed by atoms with E-state index in [-0.39, 0.29) is 10.8 Å². The summed E-state index contributed by atoms with van der Waals surface area (Å²) >= 11 is 1.88. The SMILES string of the molecule is CC(C)(C)c1ccc(C2(c3ccc(C(C)(C)C)cc3)c3ccccc3-c3ccc(N(c4ccccc4-c4ccc(-c5ccccc5)cc4)c4cccc5c4sc4ccccc45)cc32)cc1. The van der Waals surface area contributed by atoms with E-state index >= 15 is 0 Å². The van der Waals surface area contributed by atoms with Crippen molar-refractivity contribution in [3.63, 3.8) is 0 Å². The van der Waals surface area contributed by atoms with Crippen molar-refractivity contribution in [2.45, 2.75) is 57.8 Å². The Labute approximate surface area is 388 Å². The minimum atomic E-state index is -0.573. The molecule has 0 fully saturated rings. The van der Waals surface area contributed by atoms with Crippen LogP contribution in [0.25, 0.3) is 53.6 Å². The molecule has 11 rings (SSSR count). The first kappa shape index (κ1) is 40.8. The van der Waals surface area contributed by atoms with Gasteiger partial charge in [-0.25, -0.2) is 0 Å². The van der Waals surface area contributed by atoms with E-state index < -0.39 is 5.41 Å². The molecule has 0 unspecified atom stereocenters. The van der Waals surface area contributed by atoms with E-state index in [1.807, 2.05) is 11.3 Å². The lowest BCUT2D eigenvalue weighted by Crippen LogP contribution is -2.29. The van der Waals surface area contributed by atoms with E-state index in [1.54, 1.807) is 0 Å². The normalized spacial score (nSPS) is 13.2. The van der Waals surface area contributed by atoms with Crippen LogP contribution in [0.15, 0.2) is 212 Å². The van der Waals surface area contributed by atoms with Crippen molar-refractivity contribution < 1.29 is 0 Å². The minimum absolute atomic E-state index is 0.0298. The topological polar surface area (TPSA) is 3.24 Å².